The Bertz CT molecular complexity index is 2550. The average molecular weight is 630 g/mol. The largest absolute Gasteiger partial charge is 0.399 e. The van der Waals surface area contributed by atoms with Gasteiger partial charge in [-0.25, -0.2) is 9.97 Å². The summed E-state index contributed by atoms with van der Waals surface area (Å²) >= 11 is 0. The Morgan fingerprint density at radius 2 is 0.673 bits per heavy atom. The Morgan fingerprint density at radius 3 is 1.02 bits per heavy atom. The number of nitrogens with one attached hydrogen (secondary N) is 2. The Labute approximate surface area is 283 Å². The van der Waals surface area contributed by atoms with Gasteiger partial charge in [0.25, 0.3) is 0 Å². The molecule has 8 bridgehead atoms. The van der Waals surface area contributed by atoms with E-state index in [9.17, 15) is 0 Å². The average Bonchev–Trinajstić information content (AvgIpc) is 3.97. The van der Waals surface area contributed by atoms with Gasteiger partial charge in [0, 0.05) is 50.0 Å². The number of nitrogens with two attached hydrogens (primary N) is 1. The van der Waals surface area contributed by atoms with Gasteiger partial charge in [0.2, 0.25) is 0 Å². The number of H-pyrrole nitrogens is 2. The van der Waals surface area contributed by atoms with Crippen molar-refractivity contribution >= 4 is 52.1 Å². The summed E-state index contributed by atoms with van der Waals surface area (Å²) in [5, 5.41) is 0. The molecule has 0 spiro atoms. The van der Waals surface area contributed by atoms with E-state index >= 15 is 0 Å². The highest BCUT2D eigenvalue weighted by molar-refractivity contribution is 5.99. The fraction of sp³-hybridized carbons (Fsp3) is 0. The molecule has 0 amide bonds. The summed E-state index contributed by atoms with van der Waals surface area (Å²) in [4.78, 5) is 18.3. The van der Waals surface area contributed by atoms with Gasteiger partial charge in [-0.15, -0.1) is 0 Å². The van der Waals surface area contributed by atoms with Gasteiger partial charge in [-0.3, -0.25) is 0 Å². The molecule has 0 saturated carbocycles. The molecular weight excluding hydrogens is 599 g/mol. The zero-order chi connectivity index (χ0) is 32.7. The van der Waals surface area contributed by atoms with Gasteiger partial charge >= 0.3 is 0 Å². The molecule has 5 heteroatoms. The van der Waals surface area contributed by atoms with Crippen LogP contribution in [-0.4, -0.2) is 19.9 Å². The number of nitrogen functional groups attached to an aromatic ring is 1. The number of aromatic amines is 2. The van der Waals surface area contributed by atoms with Gasteiger partial charge in [-0.05, 0) is 83.0 Å². The number of aromatic nitrogens is 4. The molecule has 49 heavy (non-hydrogen) atoms. The second-order valence-electron chi connectivity index (χ2n) is 12.2. The third-order valence-electron chi connectivity index (χ3n) is 9.12. The first-order valence-corrected chi connectivity index (χ1v) is 16.4. The maximum absolute atomic E-state index is 6.35. The number of fused-ring (bicyclic) bond motifs is 8. The number of benzene rings is 4. The molecule has 2 aliphatic rings. The minimum atomic E-state index is 0.696. The molecule has 0 radical (unpaired) electrons. The normalized spacial score (nSPS) is 12.0. The predicted molar refractivity (Wildman–Crippen MR) is 205 cm³/mol. The second kappa shape index (κ2) is 11.8. The third-order valence-corrected chi connectivity index (χ3v) is 9.12. The lowest BCUT2D eigenvalue weighted by molar-refractivity contribution is 1.31. The minimum absolute atomic E-state index is 0.696. The molecule has 7 aromatic rings. The highest BCUT2D eigenvalue weighted by Crippen LogP contribution is 2.38. The van der Waals surface area contributed by atoms with Crippen molar-refractivity contribution in [2.75, 3.05) is 5.73 Å². The van der Waals surface area contributed by atoms with Crippen LogP contribution in [0.5, 0.6) is 0 Å². The van der Waals surface area contributed by atoms with Crippen LogP contribution >= 0.6 is 0 Å². The Kier molecular flexibility index (Phi) is 6.87. The monoisotopic (exact) mass is 629 g/mol. The summed E-state index contributed by atoms with van der Waals surface area (Å²) in [6.07, 6.45) is 8.46. The lowest BCUT2D eigenvalue weighted by Crippen LogP contribution is -1.90. The van der Waals surface area contributed by atoms with Crippen LogP contribution in [0.1, 0.15) is 22.8 Å². The van der Waals surface area contributed by atoms with E-state index in [0.29, 0.717) is 5.69 Å². The maximum atomic E-state index is 6.35. The first kappa shape index (κ1) is 28.5. The van der Waals surface area contributed by atoms with Crippen molar-refractivity contribution in [2.45, 2.75) is 0 Å². The minimum Gasteiger partial charge on any atom is -0.399 e. The zero-order valence-corrected chi connectivity index (χ0v) is 26.6. The summed E-state index contributed by atoms with van der Waals surface area (Å²) in [5.74, 6) is 0. The lowest BCUT2D eigenvalue weighted by Gasteiger charge is -2.07. The molecule has 4 N–H and O–H groups in total. The third kappa shape index (κ3) is 5.14. The van der Waals surface area contributed by atoms with E-state index in [-0.39, 0.29) is 0 Å². The van der Waals surface area contributed by atoms with Crippen LogP contribution in [-0.2, 0) is 0 Å². The van der Waals surface area contributed by atoms with Crippen LogP contribution in [0.2, 0.25) is 0 Å². The first-order chi connectivity index (χ1) is 24.2. The van der Waals surface area contributed by atoms with Crippen molar-refractivity contribution in [3.05, 3.63) is 162 Å². The standard InChI is InChI=1S/C44H31N5/c45-32-18-10-17-31(27-32)44-39-25-23-37(48-39)42(29-13-6-2-7-14-29)35-21-19-33(46-35)41(28-11-4-1-5-12-28)34-20-22-36(47-34)43(30-15-8-3-9-16-30)38-24-26-40(44)49-38/h1-27,46,49H,45H2. The molecule has 2 aliphatic heterocycles. The van der Waals surface area contributed by atoms with Crippen molar-refractivity contribution in [3.63, 3.8) is 0 Å². The molecule has 0 saturated heterocycles. The van der Waals surface area contributed by atoms with Crippen LogP contribution in [0.3, 0.4) is 0 Å². The first-order valence-electron chi connectivity index (χ1n) is 16.4. The number of nitrogens with zero attached hydrogens (tertiary/aromatic N) is 2. The van der Waals surface area contributed by atoms with Crippen LogP contribution in [0.4, 0.5) is 5.69 Å². The van der Waals surface area contributed by atoms with E-state index in [2.05, 4.69) is 137 Å². The Balaban J connectivity index is 1.49. The van der Waals surface area contributed by atoms with Crippen molar-refractivity contribution in [1.29, 1.82) is 0 Å². The van der Waals surface area contributed by atoms with Crippen LogP contribution in [0, 0.1) is 0 Å². The van der Waals surface area contributed by atoms with Gasteiger partial charge in [0.05, 0.1) is 22.8 Å². The summed E-state index contributed by atoms with van der Waals surface area (Å²) in [6, 6.07) is 47.9. The molecule has 3 aromatic heterocycles. The van der Waals surface area contributed by atoms with E-state index in [1.807, 2.05) is 36.4 Å². The molecule has 232 valence electrons. The fourth-order valence-corrected chi connectivity index (χ4v) is 6.93. The number of hydrogen-bond acceptors (Lipinski definition) is 3. The van der Waals surface area contributed by atoms with E-state index in [1.165, 1.54) is 0 Å². The maximum Gasteiger partial charge on any atom is 0.0737 e. The summed E-state index contributed by atoms with van der Waals surface area (Å²) in [6.45, 7) is 0. The molecule has 9 rings (SSSR count). The van der Waals surface area contributed by atoms with Crippen molar-refractivity contribution in [1.82, 2.24) is 19.9 Å². The van der Waals surface area contributed by atoms with Gasteiger partial charge < -0.3 is 15.7 Å². The topological polar surface area (TPSA) is 83.4 Å². The number of anilines is 1. The number of rotatable bonds is 4. The highest BCUT2D eigenvalue weighted by atomic mass is 14.8. The van der Waals surface area contributed by atoms with Crippen molar-refractivity contribution in [3.8, 4) is 44.5 Å². The van der Waals surface area contributed by atoms with Crippen molar-refractivity contribution < 1.29 is 0 Å². The number of hydrogen-bond donors (Lipinski definition) is 3. The van der Waals surface area contributed by atoms with Gasteiger partial charge in [0.15, 0.2) is 0 Å². The van der Waals surface area contributed by atoms with Gasteiger partial charge in [-0.2, -0.15) is 0 Å². The summed E-state index contributed by atoms with van der Waals surface area (Å²) in [5.41, 5.74) is 22.7. The summed E-state index contributed by atoms with van der Waals surface area (Å²) in [7, 11) is 0. The van der Waals surface area contributed by atoms with E-state index in [4.69, 9.17) is 15.7 Å². The Hall–Kier alpha value is -6.72. The molecule has 4 aromatic carbocycles. The van der Waals surface area contributed by atoms with Crippen LogP contribution in [0.25, 0.3) is 90.9 Å². The molecule has 0 atom stereocenters. The van der Waals surface area contributed by atoms with Crippen molar-refractivity contribution in [2.24, 2.45) is 0 Å². The van der Waals surface area contributed by atoms with Crippen LogP contribution in [0.15, 0.2) is 140 Å². The fourth-order valence-electron chi connectivity index (χ4n) is 6.93. The van der Waals surface area contributed by atoms with Crippen LogP contribution < -0.4 is 5.73 Å². The molecule has 0 unspecified atom stereocenters. The van der Waals surface area contributed by atoms with Gasteiger partial charge in [0.1, 0.15) is 0 Å². The van der Waals surface area contributed by atoms with E-state index in [0.717, 1.165) is 89.4 Å². The molecule has 5 nitrogen and oxygen atoms in total. The van der Waals surface area contributed by atoms with E-state index in [1.54, 1.807) is 0 Å². The highest BCUT2D eigenvalue weighted by Gasteiger charge is 2.18. The Morgan fingerprint density at radius 1 is 0.347 bits per heavy atom. The predicted octanol–water partition coefficient (Wildman–Crippen LogP) is 10.9. The molecule has 0 fully saturated rings. The van der Waals surface area contributed by atoms with E-state index < -0.39 is 0 Å². The molecule has 5 heterocycles. The van der Waals surface area contributed by atoms with Gasteiger partial charge in [-0.1, -0.05) is 103 Å². The summed E-state index contributed by atoms with van der Waals surface area (Å²) < 4.78 is 0. The smallest absolute Gasteiger partial charge is 0.0737 e. The SMILES string of the molecule is Nc1cccc(-c2c3nc(c(-c4ccccc4)c4ccc([nH]4)c(-c4ccccc4)c4nc(c(-c5ccccc5)c5ccc2[nH]5)C=C4)C=C3)c1. The second-order valence-corrected chi connectivity index (χ2v) is 12.2. The molecule has 0 aliphatic carbocycles. The lowest BCUT2D eigenvalue weighted by atomic mass is 10.0. The zero-order valence-electron chi connectivity index (χ0n) is 26.6. The quantitative estimate of drug-likeness (QED) is 0.169. The molecular formula is C44H31N5.